The van der Waals surface area contributed by atoms with Crippen LogP contribution < -0.4 is 10.1 Å². The Morgan fingerprint density at radius 2 is 2.28 bits per heavy atom. The zero-order valence-electron chi connectivity index (χ0n) is 11.7. The fourth-order valence-electron chi connectivity index (χ4n) is 1.80. The summed E-state index contributed by atoms with van der Waals surface area (Å²) in [5.74, 6) is 0.760. The summed E-state index contributed by atoms with van der Waals surface area (Å²) >= 11 is 0. The molecule has 100 valence electrons. The van der Waals surface area contributed by atoms with Crippen LogP contribution in [0.25, 0.3) is 0 Å². The molecular weight excluding hydrogens is 228 g/mol. The Kier molecular flexibility index (Phi) is 5.17. The van der Waals surface area contributed by atoms with Gasteiger partial charge in [0.15, 0.2) is 0 Å². The van der Waals surface area contributed by atoms with E-state index >= 15 is 0 Å². The van der Waals surface area contributed by atoms with Crippen molar-refractivity contribution in [2.24, 2.45) is 12.5 Å². The van der Waals surface area contributed by atoms with E-state index in [1.165, 1.54) is 0 Å². The molecule has 0 aliphatic carbocycles. The van der Waals surface area contributed by atoms with E-state index in [9.17, 15) is 0 Å². The lowest BCUT2D eigenvalue weighted by molar-refractivity contribution is 0.316. The zero-order chi connectivity index (χ0) is 13.6. The number of rotatable bonds is 7. The second-order valence-corrected chi connectivity index (χ2v) is 5.23. The third-order valence-corrected chi connectivity index (χ3v) is 2.92. The zero-order valence-corrected chi connectivity index (χ0v) is 11.7. The first-order chi connectivity index (χ1) is 8.48. The maximum atomic E-state index is 8.60. The first-order valence-electron chi connectivity index (χ1n) is 6.13. The highest BCUT2D eigenvalue weighted by Gasteiger charge is 2.17. The number of ether oxygens (including phenoxy) is 1. The van der Waals surface area contributed by atoms with E-state index in [1.54, 1.807) is 11.8 Å². The summed E-state index contributed by atoms with van der Waals surface area (Å²) in [6.45, 7) is 5.91. The normalized spacial score (nSPS) is 11.3. The Labute approximate surface area is 109 Å². The Bertz CT molecular complexity index is 417. The third kappa shape index (κ3) is 4.38. The molecule has 5 nitrogen and oxygen atoms in total. The number of hydrogen-bond donors (Lipinski definition) is 1. The largest absolute Gasteiger partial charge is 0.481 e. The number of methoxy groups -OCH3 is 1. The van der Waals surface area contributed by atoms with Crippen LogP contribution in [0.2, 0.25) is 0 Å². The molecule has 0 unspecified atom stereocenters. The van der Waals surface area contributed by atoms with Crippen molar-refractivity contribution < 1.29 is 4.74 Å². The van der Waals surface area contributed by atoms with Gasteiger partial charge in [-0.3, -0.25) is 0 Å². The monoisotopic (exact) mass is 250 g/mol. The lowest BCUT2D eigenvalue weighted by Gasteiger charge is -2.23. The Morgan fingerprint density at radius 1 is 1.56 bits per heavy atom. The molecular formula is C13H22N4O. The number of nitrogens with one attached hydrogen (secondary N) is 1. The van der Waals surface area contributed by atoms with Crippen molar-refractivity contribution in [3.8, 4) is 11.9 Å². The van der Waals surface area contributed by atoms with E-state index in [0.717, 1.165) is 24.5 Å². The number of aromatic nitrogens is 2. The number of nitriles is 1. The van der Waals surface area contributed by atoms with Crippen LogP contribution in [-0.2, 0) is 13.6 Å². The van der Waals surface area contributed by atoms with Gasteiger partial charge in [0.25, 0.3) is 0 Å². The standard InChI is InChI=1S/C13H22N4O/c1-13(2,6-5-7-14)10-15-9-11-8-12(18-4)17(3)16-11/h8,15H,5-6,9-10H2,1-4H3. The topological polar surface area (TPSA) is 62.9 Å². The van der Waals surface area contributed by atoms with Crippen LogP contribution in [0.15, 0.2) is 6.07 Å². The minimum atomic E-state index is 0.134. The average molecular weight is 250 g/mol. The molecule has 0 spiro atoms. The quantitative estimate of drug-likeness (QED) is 0.802. The van der Waals surface area contributed by atoms with Gasteiger partial charge in [0.2, 0.25) is 5.88 Å². The van der Waals surface area contributed by atoms with Crippen molar-refractivity contribution in [1.82, 2.24) is 15.1 Å². The van der Waals surface area contributed by atoms with E-state index in [2.05, 4.69) is 30.3 Å². The van der Waals surface area contributed by atoms with Crippen LogP contribution in [-0.4, -0.2) is 23.4 Å². The van der Waals surface area contributed by atoms with Crippen molar-refractivity contribution in [2.75, 3.05) is 13.7 Å². The number of nitrogens with zero attached hydrogens (tertiary/aromatic N) is 3. The third-order valence-electron chi connectivity index (χ3n) is 2.92. The Balaban J connectivity index is 2.39. The Morgan fingerprint density at radius 3 is 2.83 bits per heavy atom. The summed E-state index contributed by atoms with van der Waals surface area (Å²) in [6, 6.07) is 4.12. The van der Waals surface area contributed by atoms with E-state index in [-0.39, 0.29) is 5.41 Å². The fourth-order valence-corrected chi connectivity index (χ4v) is 1.80. The molecule has 1 N–H and O–H groups in total. The fraction of sp³-hybridized carbons (Fsp3) is 0.692. The molecule has 0 aromatic carbocycles. The van der Waals surface area contributed by atoms with Gasteiger partial charge in [0.1, 0.15) is 0 Å². The minimum Gasteiger partial charge on any atom is -0.481 e. The van der Waals surface area contributed by atoms with Crippen molar-refractivity contribution in [3.05, 3.63) is 11.8 Å². The molecule has 18 heavy (non-hydrogen) atoms. The first-order valence-corrected chi connectivity index (χ1v) is 6.13. The van der Waals surface area contributed by atoms with Gasteiger partial charge in [0, 0.05) is 32.6 Å². The second kappa shape index (κ2) is 6.41. The van der Waals surface area contributed by atoms with Crippen molar-refractivity contribution in [2.45, 2.75) is 33.2 Å². The smallest absolute Gasteiger partial charge is 0.211 e. The molecule has 1 rings (SSSR count). The van der Waals surface area contributed by atoms with Crippen LogP contribution in [0, 0.1) is 16.7 Å². The minimum absolute atomic E-state index is 0.134. The lowest BCUT2D eigenvalue weighted by Crippen LogP contribution is -2.29. The summed E-state index contributed by atoms with van der Waals surface area (Å²) < 4.78 is 6.88. The van der Waals surface area contributed by atoms with Crippen LogP contribution in [0.3, 0.4) is 0 Å². The Hall–Kier alpha value is -1.54. The van der Waals surface area contributed by atoms with E-state index in [4.69, 9.17) is 10.00 Å². The predicted molar refractivity (Wildman–Crippen MR) is 70.1 cm³/mol. The van der Waals surface area contributed by atoms with Crippen molar-refractivity contribution in [3.63, 3.8) is 0 Å². The summed E-state index contributed by atoms with van der Waals surface area (Å²) in [6.07, 6.45) is 1.51. The lowest BCUT2D eigenvalue weighted by atomic mass is 9.88. The molecule has 0 saturated heterocycles. The SMILES string of the molecule is COc1cc(CNCC(C)(C)CCC#N)nn1C. The first kappa shape index (κ1) is 14.5. The molecule has 0 fully saturated rings. The predicted octanol–water partition coefficient (Wildman–Crippen LogP) is 1.85. The summed E-state index contributed by atoms with van der Waals surface area (Å²) in [5.41, 5.74) is 1.10. The molecule has 1 heterocycles. The summed E-state index contributed by atoms with van der Waals surface area (Å²) in [7, 11) is 3.50. The van der Waals surface area contributed by atoms with Gasteiger partial charge < -0.3 is 10.1 Å². The molecule has 1 aromatic heterocycles. The van der Waals surface area contributed by atoms with Gasteiger partial charge in [-0.25, -0.2) is 4.68 Å². The average Bonchev–Trinajstić information content (AvgIpc) is 2.67. The number of aryl methyl sites for hydroxylation is 1. The van der Waals surface area contributed by atoms with Crippen LogP contribution >= 0.6 is 0 Å². The maximum Gasteiger partial charge on any atom is 0.211 e. The second-order valence-electron chi connectivity index (χ2n) is 5.23. The molecule has 5 heteroatoms. The van der Waals surface area contributed by atoms with Gasteiger partial charge in [-0.05, 0) is 11.8 Å². The van der Waals surface area contributed by atoms with Gasteiger partial charge >= 0.3 is 0 Å². The molecule has 0 saturated carbocycles. The van der Waals surface area contributed by atoms with E-state index in [1.807, 2.05) is 13.1 Å². The molecule has 0 amide bonds. The molecule has 0 atom stereocenters. The number of hydrogen-bond acceptors (Lipinski definition) is 4. The van der Waals surface area contributed by atoms with E-state index in [0.29, 0.717) is 13.0 Å². The van der Waals surface area contributed by atoms with Gasteiger partial charge in [-0.15, -0.1) is 0 Å². The van der Waals surface area contributed by atoms with Gasteiger partial charge in [-0.2, -0.15) is 10.4 Å². The molecule has 0 aliphatic heterocycles. The van der Waals surface area contributed by atoms with Crippen molar-refractivity contribution in [1.29, 1.82) is 5.26 Å². The highest BCUT2D eigenvalue weighted by atomic mass is 16.5. The van der Waals surface area contributed by atoms with Crippen LogP contribution in [0.4, 0.5) is 0 Å². The molecule has 0 bridgehead atoms. The molecule has 0 aliphatic rings. The van der Waals surface area contributed by atoms with Gasteiger partial charge in [0.05, 0.1) is 18.9 Å². The van der Waals surface area contributed by atoms with E-state index < -0.39 is 0 Å². The van der Waals surface area contributed by atoms with Crippen LogP contribution in [0.5, 0.6) is 5.88 Å². The van der Waals surface area contributed by atoms with Gasteiger partial charge in [-0.1, -0.05) is 13.8 Å². The highest BCUT2D eigenvalue weighted by molar-refractivity contribution is 5.15. The van der Waals surface area contributed by atoms with Crippen molar-refractivity contribution >= 4 is 0 Å². The van der Waals surface area contributed by atoms with Crippen LogP contribution in [0.1, 0.15) is 32.4 Å². The maximum absolute atomic E-state index is 8.60. The molecule has 0 radical (unpaired) electrons. The summed E-state index contributed by atoms with van der Waals surface area (Å²) in [4.78, 5) is 0. The molecule has 1 aromatic rings. The highest BCUT2D eigenvalue weighted by Crippen LogP contribution is 2.21. The summed E-state index contributed by atoms with van der Waals surface area (Å²) in [5, 5.41) is 16.3.